The number of rotatable bonds is 8. The number of methoxy groups -OCH3 is 2. The van der Waals surface area contributed by atoms with E-state index in [1.54, 1.807) is 26.0 Å². The second-order valence-electron chi connectivity index (χ2n) is 8.10. The number of hydrogen-bond acceptors (Lipinski definition) is 8. The van der Waals surface area contributed by atoms with E-state index >= 15 is 0 Å². The lowest BCUT2D eigenvalue weighted by Gasteiger charge is -2.26. The van der Waals surface area contributed by atoms with Crippen molar-refractivity contribution >= 4 is 33.4 Å². The molecule has 35 heavy (non-hydrogen) atoms. The maximum atomic E-state index is 13.1. The molecular formula is C24H28N4O6S. The molecule has 186 valence electrons. The lowest BCUT2D eigenvalue weighted by molar-refractivity contribution is -0.135. The molecule has 0 bridgehead atoms. The van der Waals surface area contributed by atoms with Gasteiger partial charge in [0.2, 0.25) is 5.91 Å². The summed E-state index contributed by atoms with van der Waals surface area (Å²) in [6.45, 7) is 4.05. The van der Waals surface area contributed by atoms with Crippen LogP contribution in [0.25, 0.3) is 10.2 Å². The molecule has 1 aliphatic heterocycles. The van der Waals surface area contributed by atoms with Crippen molar-refractivity contribution in [2.24, 2.45) is 0 Å². The van der Waals surface area contributed by atoms with Crippen molar-refractivity contribution < 1.29 is 23.8 Å². The van der Waals surface area contributed by atoms with E-state index in [1.165, 1.54) is 22.2 Å². The fourth-order valence-corrected chi connectivity index (χ4v) is 5.04. The number of benzene rings is 1. The zero-order chi connectivity index (χ0) is 24.9. The van der Waals surface area contributed by atoms with E-state index in [0.717, 1.165) is 5.56 Å². The normalized spacial score (nSPS) is 13.6. The highest BCUT2D eigenvalue weighted by Gasteiger charge is 2.22. The molecule has 1 saturated heterocycles. The maximum absolute atomic E-state index is 13.1. The van der Waals surface area contributed by atoms with Crippen LogP contribution in [0.4, 0.5) is 0 Å². The second kappa shape index (κ2) is 10.9. The van der Waals surface area contributed by atoms with Gasteiger partial charge < -0.3 is 24.4 Å². The molecule has 3 aromatic rings. The van der Waals surface area contributed by atoms with Crippen molar-refractivity contribution in [3.8, 4) is 11.5 Å². The standard InChI is InChI=1S/C24H28N4O6S/c1-15-20-23(26-14-28(24(20)31)13-19(29)27-8-10-34-11-9-27)35-21(15)22(30)25-7-6-16-4-5-17(32-2)18(12-16)33-3/h4-5,12,14H,6-11,13H2,1-3H3,(H,25,30). The number of carbonyl (C=O) groups is 2. The Hall–Kier alpha value is -3.44. The van der Waals surface area contributed by atoms with Crippen molar-refractivity contribution in [2.75, 3.05) is 47.1 Å². The largest absolute Gasteiger partial charge is 0.493 e. The zero-order valence-corrected chi connectivity index (χ0v) is 20.8. The molecule has 11 heteroatoms. The number of amides is 2. The van der Waals surface area contributed by atoms with Crippen molar-refractivity contribution in [2.45, 2.75) is 19.9 Å². The number of morpholine rings is 1. The van der Waals surface area contributed by atoms with E-state index in [0.29, 0.717) is 71.4 Å². The first kappa shape index (κ1) is 24.7. The summed E-state index contributed by atoms with van der Waals surface area (Å²) >= 11 is 1.17. The highest BCUT2D eigenvalue weighted by Crippen LogP contribution is 2.28. The lowest BCUT2D eigenvalue weighted by Crippen LogP contribution is -2.43. The average molecular weight is 501 g/mol. The summed E-state index contributed by atoms with van der Waals surface area (Å²) in [4.78, 5) is 45.5. The third-order valence-electron chi connectivity index (χ3n) is 5.94. The highest BCUT2D eigenvalue weighted by molar-refractivity contribution is 7.20. The molecule has 3 heterocycles. The maximum Gasteiger partial charge on any atom is 0.262 e. The molecule has 0 aliphatic carbocycles. The van der Waals surface area contributed by atoms with Crippen LogP contribution in [-0.4, -0.2) is 73.3 Å². The van der Waals surface area contributed by atoms with Crippen LogP contribution >= 0.6 is 11.3 Å². The van der Waals surface area contributed by atoms with E-state index in [9.17, 15) is 14.4 Å². The first-order chi connectivity index (χ1) is 16.9. The van der Waals surface area contributed by atoms with Crippen LogP contribution in [0, 0.1) is 6.92 Å². The molecular weight excluding hydrogens is 472 g/mol. The average Bonchev–Trinajstić information content (AvgIpc) is 3.23. The highest BCUT2D eigenvalue weighted by atomic mass is 32.1. The van der Waals surface area contributed by atoms with Crippen LogP contribution in [-0.2, 0) is 22.5 Å². The SMILES string of the molecule is COc1ccc(CCNC(=O)c2sc3ncn(CC(=O)N4CCOCC4)c(=O)c3c2C)cc1OC. The smallest absolute Gasteiger partial charge is 0.262 e. The molecule has 0 spiro atoms. The lowest BCUT2D eigenvalue weighted by atomic mass is 10.1. The van der Waals surface area contributed by atoms with Gasteiger partial charge in [0.05, 0.1) is 44.0 Å². The zero-order valence-electron chi connectivity index (χ0n) is 20.0. The van der Waals surface area contributed by atoms with Gasteiger partial charge in [-0.1, -0.05) is 6.07 Å². The van der Waals surface area contributed by atoms with Crippen LogP contribution in [0.2, 0.25) is 0 Å². The Morgan fingerprint density at radius 1 is 1.17 bits per heavy atom. The minimum absolute atomic E-state index is 0.0933. The fourth-order valence-electron chi connectivity index (χ4n) is 3.98. The first-order valence-electron chi connectivity index (χ1n) is 11.3. The number of nitrogens with zero attached hydrogens (tertiary/aromatic N) is 3. The molecule has 1 fully saturated rings. The van der Waals surface area contributed by atoms with E-state index in [-0.39, 0.29) is 23.9 Å². The summed E-state index contributed by atoms with van der Waals surface area (Å²) in [5.74, 6) is 0.857. The van der Waals surface area contributed by atoms with Gasteiger partial charge in [0.15, 0.2) is 11.5 Å². The van der Waals surface area contributed by atoms with Crippen molar-refractivity contribution in [3.63, 3.8) is 0 Å². The second-order valence-corrected chi connectivity index (χ2v) is 9.10. The third-order valence-corrected chi connectivity index (χ3v) is 7.14. The van der Waals surface area contributed by atoms with Crippen molar-refractivity contribution in [1.29, 1.82) is 0 Å². The summed E-state index contributed by atoms with van der Waals surface area (Å²) in [7, 11) is 3.16. The summed E-state index contributed by atoms with van der Waals surface area (Å²) in [6, 6.07) is 5.62. The van der Waals surface area contributed by atoms with Crippen LogP contribution < -0.4 is 20.3 Å². The van der Waals surface area contributed by atoms with Gasteiger partial charge in [0.1, 0.15) is 11.4 Å². The number of carbonyl (C=O) groups excluding carboxylic acids is 2. The number of thiophene rings is 1. The Balaban J connectivity index is 1.45. The van der Waals surface area contributed by atoms with Gasteiger partial charge in [-0.15, -0.1) is 11.3 Å². The Kier molecular flexibility index (Phi) is 7.67. The van der Waals surface area contributed by atoms with E-state index in [2.05, 4.69) is 10.3 Å². The molecule has 1 N–H and O–H groups in total. The minimum Gasteiger partial charge on any atom is -0.493 e. The van der Waals surface area contributed by atoms with Crippen LogP contribution in [0.15, 0.2) is 29.3 Å². The van der Waals surface area contributed by atoms with E-state index < -0.39 is 0 Å². The van der Waals surface area contributed by atoms with Gasteiger partial charge >= 0.3 is 0 Å². The number of hydrogen-bond donors (Lipinski definition) is 1. The fraction of sp³-hybridized carbons (Fsp3) is 0.417. The minimum atomic E-state index is -0.324. The van der Waals surface area contributed by atoms with Gasteiger partial charge in [-0.25, -0.2) is 4.98 Å². The first-order valence-corrected chi connectivity index (χ1v) is 12.1. The van der Waals surface area contributed by atoms with E-state index in [1.807, 2.05) is 18.2 Å². The Bertz CT molecular complexity index is 1300. The monoisotopic (exact) mass is 500 g/mol. The van der Waals surface area contributed by atoms with Crippen LogP contribution in [0.3, 0.4) is 0 Å². The summed E-state index contributed by atoms with van der Waals surface area (Å²) < 4.78 is 17.2. The van der Waals surface area contributed by atoms with E-state index in [4.69, 9.17) is 14.2 Å². The third kappa shape index (κ3) is 5.30. The summed E-state index contributed by atoms with van der Waals surface area (Å²) in [5, 5.41) is 3.29. The predicted octanol–water partition coefficient (Wildman–Crippen LogP) is 1.61. The van der Waals surface area contributed by atoms with Crippen molar-refractivity contribution in [3.05, 3.63) is 50.9 Å². The topological polar surface area (TPSA) is 112 Å². The summed E-state index contributed by atoms with van der Waals surface area (Å²) in [5.41, 5.74) is 1.24. The number of nitrogens with one attached hydrogen (secondary N) is 1. The van der Waals surface area contributed by atoms with Gasteiger partial charge in [0.25, 0.3) is 11.5 Å². The molecule has 0 radical (unpaired) electrons. The van der Waals surface area contributed by atoms with Crippen LogP contribution in [0.5, 0.6) is 11.5 Å². The molecule has 1 aliphatic rings. The quantitative estimate of drug-likeness (QED) is 0.500. The number of aryl methyl sites for hydroxylation is 1. The molecule has 10 nitrogen and oxygen atoms in total. The Morgan fingerprint density at radius 2 is 1.91 bits per heavy atom. The molecule has 2 amide bonds. The predicted molar refractivity (Wildman–Crippen MR) is 132 cm³/mol. The molecule has 0 unspecified atom stereocenters. The number of ether oxygens (including phenoxy) is 3. The number of aromatic nitrogens is 2. The van der Waals surface area contributed by atoms with Gasteiger partial charge in [-0.2, -0.15) is 0 Å². The molecule has 4 rings (SSSR count). The van der Waals surface area contributed by atoms with Crippen molar-refractivity contribution in [1.82, 2.24) is 19.8 Å². The molecule has 2 aromatic heterocycles. The molecule has 1 aromatic carbocycles. The van der Waals surface area contributed by atoms with Crippen LogP contribution in [0.1, 0.15) is 20.8 Å². The Morgan fingerprint density at radius 3 is 2.63 bits per heavy atom. The number of fused-ring (bicyclic) bond motifs is 1. The van der Waals surface area contributed by atoms with Gasteiger partial charge in [-0.05, 0) is 36.6 Å². The molecule has 0 saturated carbocycles. The van der Waals surface area contributed by atoms with Gasteiger partial charge in [0, 0.05) is 19.6 Å². The Labute approximate surface area is 206 Å². The summed E-state index contributed by atoms with van der Waals surface area (Å²) in [6.07, 6.45) is 1.97. The van der Waals surface area contributed by atoms with Gasteiger partial charge in [-0.3, -0.25) is 19.0 Å². The molecule has 0 atom stereocenters.